The molecule has 1 aromatic carbocycles. The van der Waals surface area contributed by atoms with Gasteiger partial charge in [-0.3, -0.25) is 4.79 Å². The fourth-order valence-corrected chi connectivity index (χ4v) is 6.04. The van der Waals surface area contributed by atoms with Gasteiger partial charge in [-0.25, -0.2) is 8.42 Å². The molecule has 3 rings (SSSR count). The molecule has 2 unspecified atom stereocenters. The van der Waals surface area contributed by atoms with Gasteiger partial charge in [0, 0.05) is 37.7 Å². The van der Waals surface area contributed by atoms with Gasteiger partial charge in [-0.15, -0.1) is 0 Å². The van der Waals surface area contributed by atoms with Crippen molar-refractivity contribution in [2.45, 2.75) is 24.3 Å². The highest BCUT2D eigenvalue weighted by Crippen LogP contribution is 2.22. The maximum Gasteiger partial charge on any atom is 0.237 e. The van der Waals surface area contributed by atoms with Crippen LogP contribution in [0, 0.1) is 0 Å². The van der Waals surface area contributed by atoms with Crippen LogP contribution in [0.4, 0.5) is 0 Å². The first-order valence-electron chi connectivity index (χ1n) is 8.19. The second-order valence-electron chi connectivity index (χ2n) is 6.08. The van der Waals surface area contributed by atoms with E-state index in [0.717, 1.165) is 17.1 Å². The highest BCUT2D eigenvalue weighted by atomic mass is 32.2. The summed E-state index contributed by atoms with van der Waals surface area (Å²) in [6.07, 6.45) is 0.340. The molecule has 0 spiro atoms. The van der Waals surface area contributed by atoms with Crippen molar-refractivity contribution in [3.05, 3.63) is 35.9 Å². The molecule has 0 saturated carbocycles. The van der Waals surface area contributed by atoms with E-state index in [2.05, 4.69) is 10.6 Å². The number of hydrogen-bond donors (Lipinski definition) is 2. The lowest BCUT2D eigenvalue weighted by molar-refractivity contribution is -0.122. The van der Waals surface area contributed by atoms with Crippen LogP contribution >= 0.6 is 11.8 Å². The molecule has 8 heteroatoms. The van der Waals surface area contributed by atoms with Gasteiger partial charge in [0.25, 0.3) is 0 Å². The van der Waals surface area contributed by atoms with E-state index < -0.39 is 21.3 Å². The van der Waals surface area contributed by atoms with Crippen LogP contribution in [-0.2, 0) is 21.4 Å². The monoisotopic (exact) mass is 369 g/mol. The van der Waals surface area contributed by atoms with Gasteiger partial charge in [-0.05, 0) is 12.0 Å². The maximum atomic E-state index is 12.7. The van der Waals surface area contributed by atoms with E-state index in [4.69, 9.17) is 0 Å². The van der Waals surface area contributed by atoms with E-state index in [1.165, 1.54) is 0 Å². The topological polar surface area (TPSA) is 78.5 Å². The number of hydrogen-bond acceptors (Lipinski definition) is 5. The van der Waals surface area contributed by atoms with Gasteiger partial charge in [-0.1, -0.05) is 30.3 Å². The number of nitrogens with one attached hydrogen (secondary N) is 2. The van der Waals surface area contributed by atoms with Crippen LogP contribution < -0.4 is 10.6 Å². The lowest BCUT2D eigenvalue weighted by Crippen LogP contribution is -2.44. The molecule has 1 aromatic rings. The smallest absolute Gasteiger partial charge is 0.237 e. The van der Waals surface area contributed by atoms with Gasteiger partial charge in [-0.2, -0.15) is 16.1 Å². The first-order valence-corrected chi connectivity index (χ1v) is 10.8. The molecule has 6 nitrogen and oxygen atoms in total. The van der Waals surface area contributed by atoms with Crippen LogP contribution in [0.1, 0.15) is 12.0 Å². The fourth-order valence-electron chi connectivity index (χ4n) is 3.05. The number of benzene rings is 1. The molecule has 0 aliphatic carbocycles. The summed E-state index contributed by atoms with van der Waals surface area (Å²) in [5, 5.41) is 5.44. The Hall–Kier alpha value is -1.09. The minimum atomic E-state index is -3.32. The van der Waals surface area contributed by atoms with Crippen molar-refractivity contribution in [3.8, 4) is 0 Å². The largest absolute Gasteiger partial charge is 0.351 e. The number of carbonyl (C=O) groups is 1. The molecule has 2 atom stereocenters. The Bertz CT molecular complexity index is 660. The van der Waals surface area contributed by atoms with Crippen LogP contribution in [-0.4, -0.2) is 61.1 Å². The number of carbonyl (C=O) groups excluding carboxylic acids is 1. The second-order valence-corrected chi connectivity index (χ2v) is 9.52. The average molecular weight is 370 g/mol. The summed E-state index contributed by atoms with van der Waals surface area (Å²) in [4.78, 5) is 12.3. The molecule has 24 heavy (non-hydrogen) atoms. The minimum Gasteiger partial charge on any atom is -0.351 e. The maximum absolute atomic E-state index is 12.7. The van der Waals surface area contributed by atoms with E-state index >= 15 is 0 Å². The predicted molar refractivity (Wildman–Crippen MR) is 96.3 cm³/mol. The first kappa shape index (κ1) is 17.7. The molecular formula is C16H23N3O3S2. The Balaban J connectivity index is 1.53. The van der Waals surface area contributed by atoms with Crippen LogP contribution in [0.15, 0.2) is 30.3 Å². The standard InChI is InChI=1S/C16H23N3O3S2/c20-16(18-11-13-4-2-1-3-5-13)15-10-14(12-17-15)24(21,22)19-6-8-23-9-7-19/h1-5,14-15,17H,6-12H2,(H,18,20). The fraction of sp³-hybridized carbons (Fsp3) is 0.562. The number of rotatable bonds is 5. The normalized spacial score (nSPS) is 25.5. The van der Waals surface area contributed by atoms with Gasteiger partial charge >= 0.3 is 0 Å². The van der Waals surface area contributed by atoms with Gasteiger partial charge in [0.2, 0.25) is 15.9 Å². The molecule has 0 aromatic heterocycles. The number of sulfonamides is 1. The van der Waals surface area contributed by atoms with Gasteiger partial charge < -0.3 is 10.6 Å². The molecule has 2 heterocycles. The Morgan fingerprint density at radius 3 is 2.67 bits per heavy atom. The van der Waals surface area contributed by atoms with Crippen molar-refractivity contribution >= 4 is 27.7 Å². The lowest BCUT2D eigenvalue weighted by Gasteiger charge is -2.28. The molecule has 0 bridgehead atoms. The average Bonchev–Trinajstić information content (AvgIpc) is 3.12. The summed E-state index contributed by atoms with van der Waals surface area (Å²) < 4.78 is 26.9. The molecule has 132 valence electrons. The number of amides is 1. The summed E-state index contributed by atoms with van der Waals surface area (Å²) in [7, 11) is -3.32. The zero-order valence-corrected chi connectivity index (χ0v) is 15.1. The summed E-state index contributed by atoms with van der Waals surface area (Å²) in [5.41, 5.74) is 1.03. The van der Waals surface area contributed by atoms with E-state index in [1.54, 1.807) is 16.1 Å². The van der Waals surface area contributed by atoms with Crippen molar-refractivity contribution < 1.29 is 13.2 Å². The Morgan fingerprint density at radius 2 is 1.96 bits per heavy atom. The highest BCUT2D eigenvalue weighted by Gasteiger charge is 2.40. The van der Waals surface area contributed by atoms with Crippen molar-refractivity contribution in [3.63, 3.8) is 0 Å². The number of nitrogens with zero attached hydrogens (tertiary/aromatic N) is 1. The number of thioether (sulfide) groups is 1. The van der Waals surface area contributed by atoms with E-state index in [9.17, 15) is 13.2 Å². The van der Waals surface area contributed by atoms with Gasteiger partial charge in [0.05, 0.1) is 11.3 Å². The third kappa shape index (κ3) is 4.11. The molecule has 2 fully saturated rings. The third-order valence-corrected chi connectivity index (χ3v) is 7.70. The van der Waals surface area contributed by atoms with Crippen molar-refractivity contribution in [1.82, 2.24) is 14.9 Å². The Morgan fingerprint density at radius 1 is 1.25 bits per heavy atom. The van der Waals surface area contributed by atoms with Crippen LogP contribution in [0.3, 0.4) is 0 Å². The molecular weight excluding hydrogens is 346 g/mol. The van der Waals surface area contributed by atoms with Gasteiger partial charge in [0.1, 0.15) is 0 Å². The first-order chi connectivity index (χ1) is 11.6. The van der Waals surface area contributed by atoms with E-state index in [1.807, 2.05) is 30.3 Å². The third-order valence-electron chi connectivity index (χ3n) is 4.47. The summed E-state index contributed by atoms with van der Waals surface area (Å²) >= 11 is 1.78. The molecule has 1 amide bonds. The highest BCUT2D eigenvalue weighted by molar-refractivity contribution is 7.99. The van der Waals surface area contributed by atoms with Crippen molar-refractivity contribution in [2.24, 2.45) is 0 Å². The van der Waals surface area contributed by atoms with E-state index in [-0.39, 0.29) is 5.91 Å². The van der Waals surface area contributed by atoms with Crippen LogP contribution in [0.25, 0.3) is 0 Å². The summed E-state index contributed by atoms with van der Waals surface area (Å²) in [6.45, 7) is 1.96. The zero-order chi connectivity index (χ0) is 17.0. The van der Waals surface area contributed by atoms with Crippen LogP contribution in [0.2, 0.25) is 0 Å². The lowest BCUT2D eigenvalue weighted by atomic mass is 10.2. The summed E-state index contributed by atoms with van der Waals surface area (Å²) in [6, 6.07) is 9.24. The summed E-state index contributed by atoms with van der Waals surface area (Å²) in [5.74, 6) is 1.56. The SMILES string of the molecule is O=C(NCc1ccccc1)C1CC(S(=O)(=O)N2CCSCC2)CN1. The molecule has 2 saturated heterocycles. The predicted octanol–water partition coefficient (Wildman–Crippen LogP) is 0.412. The zero-order valence-electron chi connectivity index (χ0n) is 13.5. The quantitative estimate of drug-likeness (QED) is 0.786. The van der Waals surface area contributed by atoms with Crippen LogP contribution in [0.5, 0.6) is 0 Å². The van der Waals surface area contributed by atoms with Crippen molar-refractivity contribution in [2.75, 3.05) is 31.1 Å². The molecule has 2 aliphatic heterocycles. The van der Waals surface area contributed by atoms with E-state index in [0.29, 0.717) is 32.6 Å². The molecule has 2 aliphatic rings. The Labute approximate surface area is 147 Å². The molecule has 0 radical (unpaired) electrons. The second kappa shape index (κ2) is 7.86. The Kier molecular flexibility index (Phi) is 5.80. The van der Waals surface area contributed by atoms with Crippen molar-refractivity contribution in [1.29, 1.82) is 0 Å². The molecule has 2 N–H and O–H groups in total. The minimum absolute atomic E-state index is 0.134. The van der Waals surface area contributed by atoms with Gasteiger partial charge in [0.15, 0.2) is 0 Å².